The van der Waals surface area contributed by atoms with Gasteiger partial charge in [0, 0.05) is 18.7 Å². The summed E-state index contributed by atoms with van der Waals surface area (Å²) in [6.45, 7) is 5.15. The number of nitrogens with one attached hydrogen (secondary N) is 1. The van der Waals surface area contributed by atoms with Gasteiger partial charge in [0.25, 0.3) is 5.56 Å². The molecule has 3 heterocycles. The summed E-state index contributed by atoms with van der Waals surface area (Å²) in [7, 11) is 0. The minimum Gasteiger partial charge on any atom is -0.376 e. The van der Waals surface area contributed by atoms with Crippen molar-refractivity contribution in [1.82, 2.24) is 24.7 Å². The number of aromatic nitrogens is 4. The summed E-state index contributed by atoms with van der Waals surface area (Å²) in [5.74, 6) is -0.261. The van der Waals surface area contributed by atoms with Crippen LogP contribution in [-0.4, -0.2) is 44.6 Å². The minimum absolute atomic E-state index is 0.0615. The second kappa shape index (κ2) is 7.55. The second-order valence-corrected chi connectivity index (χ2v) is 7.19. The van der Waals surface area contributed by atoms with E-state index in [1.54, 1.807) is 6.07 Å². The molecule has 0 bridgehead atoms. The van der Waals surface area contributed by atoms with Gasteiger partial charge in [0.2, 0.25) is 5.91 Å². The number of hydrogen-bond acceptors (Lipinski definition) is 5. The monoisotopic (exact) mass is 381 g/mol. The van der Waals surface area contributed by atoms with Crippen molar-refractivity contribution in [3.05, 3.63) is 52.1 Å². The normalized spacial score (nSPS) is 16.6. The van der Waals surface area contributed by atoms with E-state index in [4.69, 9.17) is 4.74 Å². The first-order valence-electron chi connectivity index (χ1n) is 9.43. The van der Waals surface area contributed by atoms with Crippen molar-refractivity contribution in [3.63, 3.8) is 0 Å². The molecule has 146 valence electrons. The standard InChI is InChI=1S/C20H23N5O3/c1-13-5-6-15(8-14(13)2)17-9-18-20(27)24(22-12-25(18)23-17)11-19(26)21-10-16-4-3-7-28-16/h5-6,8-9,12,16H,3-4,7,10-11H2,1-2H3,(H,21,26)/t16-/m1/s1. The first-order chi connectivity index (χ1) is 13.5. The van der Waals surface area contributed by atoms with Gasteiger partial charge in [-0.3, -0.25) is 9.59 Å². The predicted molar refractivity (Wildman–Crippen MR) is 104 cm³/mol. The lowest BCUT2D eigenvalue weighted by Gasteiger charge is -2.11. The molecule has 0 spiro atoms. The number of aryl methyl sites for hydroxylation is 2. The second-order valence-electron chi connectivity index (χ2n) is 7.19. The Balaban J connectivity index is 1.54. The topological polar surface area (TPSA) is 90.5 Å². The largest absolute Gasteiger partial charge is 0.376 e. The average molecular weight is 381 g/mol. The van der Waals surface area contributed by atoms with E-state index in [-0.39, 0.29) is 24.1 Å². The highest BCUT2D eigenvalue weighted by Crippen LogP contribution is 2.21. The minimum atomic E-state index is -0.350. The highest BCUT2D eigenvalue weighted by atomic mass is 16.5. The van der Waals surface area contributed by atoms with Gasteiger partial charge in [-0.2, -0.15) is 10.2 Å². The van der Waals surface area contributed by atoms with E-state index in [1.165, 1.54) is 16.4 Å². The number of hydrogen-bond donors (Lipinski definition) is 1. The predicted octanol–water partition coefficient (Wildman–Crippen LogP) is 1.47. The van der Waals surface area contributed by atoms with E-state index in [0.29, 0.717) is 17.8 Å². The molecule has 1 amide bonds. The van der Waals surface area contributed by atoms with Gasteiger partial charge in [-0.05, 0) is 49.9 Å². The lowest BCUT2D eigenvalue weighted by atomic mass is 10.0. The summed E-state index contributed by atoms with van der Waals surface area (Å²) in [5, 5.41) is 11.3. The maximum Gasteiger partial charge on any atom is 0.293 e. The SMILES string of the molecule is Cc1ccc(-c2cc3c(=O)n(CC(=O)NC[C@H]4CCCO4)ncn3n2)cc1C. The van der Waals surface area contributed by atoms with Crippen LogP contribution in [0.15, 0.2) is 35.4 Å². The molecule has 1 aliphatic heterocycles. The zero-order chi connectivity index (χ0) is 19.7. The van der Waals surface area contributed by atoms with Gasteiger partial charge < -0.3 is 10.1 Å². The summed E-state index contributed by atoms with van der Waals surface area (Å²) in [6, 6.07) is 7.79. The van der Waals surface area contributed by atoms with E-state index in [0.717, 1.165) is 35.3 Å². The number of ether oxygens (including phenoxy) is 1. The molecule has 1 atom stereocenters. The van der Waals surface area contributed by atoms with Gasteiger partial charge in [-0.1, -0.05) is 12.1 Å². The fourth-order valence-electron chi connectivity index (χ4n) is 3.32. The summed E-state index contributed by atoms with van der Waals surface area (Å²) >= 11 is 0. The van der Waals surface area contributed by atoms with Crippen molar-refractivity contribution in [2.75, 3.05) is 13.2 Å². The fourth-order valence-corrected chi connectivity index (χ4v) is 3.32. The van der Waals surface area contributed by atoms with Gasteiger partial charge in [-0.15, -0.1) is 0 Å². The van der Waals surface area contributed by atoms with E-state index >= 15 is 0 Å². The summed E-state index contributed by atoms with van der Waals surface area (Å²) < 4.78 is 8.10. The third-order valence-corrected chi connectivity index (χ3v) is 5.14. The van der Waals surface area contributed by atoms with Gasteiger partial charge in [0.05, 0.1) is 11.8 Å². The Labute approximate surface area is 162 Å². The zero-order valence-corrected chi connectivity index (χ0v) is 16.0. The number of benzene rings is 1. The summed E-state index contributed by atoms with van der Waals surface area (Å²) in [4.78, 5) is 24.9. The lowest BCUT2D eigenvalue weighted by molar-refractivity contribution is -0.122. The summed E-state index contributed by atoms with van der Waals surface area (Å²) in [6.07, 6.45) is 3.48. The first kappa shape index (κ1) is 18.4. The van der Waals surface area contributed by atoms with Crippen molar-refractivity contribution < 1.29 is 9.53 Å². The molecule has 8 nitrogen and oxygen atoms in total. The Bertz CT molecular complexity index is 1080. The van der Waals surface area contributed by atoms with E-state index < -0.39 is 0 Å². The zero-order valence-electron chi connectivity index (χ0n) is 16.0. The number of carbonyl (C=O) groups is 1. The van der Waals surface area contributed by atoms with Crippen molar-refractivity contribution in [2.45, 2.75) is 39.3 Å². The van der Waals surface area contributed by atoms with Crippen LogP contribution in [0, 0.1) is 13.8 Å². The Kier molecular flexibility index (Phi) is 4.95. The van der Waals surface area contributed by atoms with Crippen LogP contribution in [0.2, 0.25) is 0 Å². The van der Waals surface area contributed by atoms with Gasteiger partial charge >= 0.3 is 0 Å². The van der Waals surface area contributed by atoms with Crippen LogP contribution in [0.1, 0.15) is 24.0 Å². The third kappa shape index (κ3) is 3.68. The van der Waals surface area contributed by atoms with Crippen LogP contribution >= 0.6 is 0 Å². The van der Waals surface area contributed by atoms with Gasteiger partial charge in [-0.25, -0.2) is 9.20 Å². The number of carbonyl (C=O) groups excluding carboxylic acids is 1. The molecule has 2 aromatic heterocycles. The van der Waals surface area contributed by atoms with Crippen molar-refractivity contribution in [1.29, 1.82) is 0 Å². The molecule has 4 rings (SSSR count). The highest BCUT2D eigenvalue weighted by molar-refractivity contribution is 5.75. The van der Waals surface area contributed by atoms with Crippen molar-refractivity contribution in [3.8, 4) is 11.3 Å². The Morgan fingerprint density at radius 3 is 2.89 bits per heavy atom. The van der Waals surface area contributed by atoms with E-state index in [9.17, 15) is 9.59 Å². The molecule has 0 radical (unpaired) electrons. The van der Waals surface area contributed by atoms with E-state index in [1.807, 2.05) is 25.1 Å². The Morgan fingerprint density at radius 1 is 1.29 bits per heavy atom. The quantitative estimate of drug-likeness (QED) is 0.723. The maximum atomic E-state index is 12.7. The molecule has 8 heteroatoms. The molecule has 0 unspecified atom stereocenters. The molecule has 1 fully saturated rings. The molecule has 1 N–H and O–H groups in total. The van der Waals surface area contributed by atoms with Gasteiger partial charge in [0.15, 0.2) is 0 Å². The smallest absolute Gasteiger partial charge is 0.293 e. The lowest BCUT2D eigenvalue weighted by Crippen LogP contribution is -2.37. The first-order valence-corrected chi connectivity index (χ1v) is 9.43. The highest BCUT2D eigenvalue weighted by Gasteiger charge is 2.17. The van der Waals surface area contributed by atoms with Crippen LogP contribution < -0.4 is 10.9 Å². The fraction of sp³-hybridized carbons (Fsp3) is 0.400. The maximum absolute atomic E-state index is 12.7. The van der Waals surface area contributed by atoms with Gasteiger partial charge in [0.1, 0.15) is 18.4 Å². The molecule has 1 aliphatic rings. The van der Waals surface area contributed by atoms with Crippen LogP contribution in [0.4, 0.5) is 0 Å². The number of fused-ring (bicyclic) bond motifs is 1. The number of amides is 1. The van der Waals surface area contributed by atoms with Crippen molar-refractivity contribution in [2.24, 2.45) is 0 Å². The Hall–Kier alpha value is -3.00. The average Bonchev–Trinajstić information content (AvgIpc) is 3.34. The molecular weight excluding hydrogens is 358 g/mol. The van der Waals surface area contributed by atoms with Crippen LogP contribution in [0.3, 0.4) is 0 Å². The third-order valence-electron chi connectivity index (χ3n) is 5.14. The molecule has 1 saturated heterocycles. The Morgan fingerprint density at radius 2 is 2.14 bits per heavy atom. The van der Waals surface area contributed by atoms with Crippen LogP contribution in [-0.2, 0) is 16.1 Å². The summed E-state index contributed by atoms with van der Waals surface area (Å²) in [5.41, 5.74) is 4.03. The molecule has 28 heavy (non-hydrogen) atoms. The number of nitrogens with zero attached hydrogens (tertiary/aromatic N) is 4. The number of rotatable bonds is 5. The van der Waals surface area contributed by atoms with E-state index in [2.05, 4.69) is 22.4 Å². The molecule has 3 aromatic rings. The van der Waals surface area contributed by atoms with Crippen LogP contribution in [0.25, 0.3) is 16.8 Å². The van der Waals surface area contributed by atoms with Crippen LogP contribution in [0.5, 0.6) is 0 Å². The molecule has 1 aromatic carbocycles. The van der Waals surface area contributed by atoms with Crippen molar-refractivity contribution >= 4 is 11.4 Å². The molecule has 0 aliphatic carbocycles. The molecule has 0 saturated carbocycles. The molecular formula is C20H23N5O3.